The van der Waals surface area contributed by atoms with E-state index in [-0.39, 0.29) is 6.04 Å². The first kappa shape index (κ1) is 15.5. The zero-order chi connectivity index (χ0) is 14.2. The molecule has 0 amide bonds. The van der Waals surface area contributed by atoms with Gasteiger partial charge in [-0.05, 0) is 50.8 Å². The molecule has 0 radical (unpaired) electrons. The Balaban J connectivity index is 2.18. The first-order valence-electron chi connectivity index (χ1n) is 7.85. The Labute approximate surface area is 127 Å². The van der Waals surface area contributed by atoms with E-state index in [0.29, 0.717) is 5.02 Å². The van der Waals surface area contributed by atoms with Crippen LogP contribution in [0.15, 0.2) is 30.0 Å². The summed E-state index contributed by atoms with van der Waals surface area (Å²) in [6, 6.07) is 4.24. The van der Waals surface area contributed by atoms with Crippen LogP contribution in [-0.2, 0) is 0 Å². The lowest BCUT2D eigenvalue weighted by molar-refractivity contribution is 0.533. The van der Waals surface area contributed by atoms with Gasteiger partial charge in [-0.25, -0.2) is 0 Å². The van der Waals surface area contributed by atoms with Crippen LogP contribution >= 0.6 is 11.6 Å². The van der Waals surface area contributed by atoms with Crippen LogP contribution < -0.4 is 5.32 Å². The molecule has 1 N–H and O–H groups in total. The molecule has 1 aromatic heterocycles. The number of pyridine rings is 1. The quantitative estimate of drug-likeness (QED) is 0.768. The van der Waals surface area contributed by atoms with Gasteiger partial charge in [-0.3, -0.25) is 4.98 Å². The summed E-state index contributed by atoms with van der Waals surface area (Å²) in [5, 5.41) is 4.35. The van der Waals surface area contributed by atoms with Crippen LogP contribution in [-0.4, -0.2) is 11.5 Å². The van der Waals surface area contributed by atoms with Crippen LogP contribution in [0.3, 0.4) is 0 Å². The zero-order valence-corrected chi connectivity index (χ0v) is 13.1. The predicted octanol–water partition coefficient (Wildman–Crippen LogP) is 5.06. The number of halogens is 1. The molecular formula is C17H25ClN2. The standard InChI is InChI=1S/C17H25ClN2/c1-2-12-19-17(16-11-10-15(18)13-20-16)14-8-6-4-3-5-7-9-14/h8,10-11,13,17,19H,2-7,9,12H2,1H3/b14-8+. The highest BCUT2D eigenvalue weighted by Gasteiger charge is 2.17. The first-order valence-corrected chi connectivity index (χ1v) is 8.23. The molecule has 3 heteroatoms. The number of nitrogens with zero attached hydrogens (tertiary/aromatic N) is 1. The molecule has 0 saturated carbocycles. The predicted molar refractivity (Wildman–Crippen MR) is 86.1 cm³/mol. The minimum absolute atomic E-state index is 0.255. The molecule has 0 bridgehead atoms. The van der Waals surface area contributed by atoms with Crippen molar-refractivity contribution >= 4 is 11.6 Å². The van der Waals surface area contributed by atoms with Gasteiger partial charge in [0.15, 0.2) is 0 Å². The number of hydrogen-bond acceptors (Lipinski definition) is 2. The Morgan fingerprint density at radius 1 is 1.25 bits per heavy atom. The van der Waals surface area contributed by atoms with Crippen molar-refractivity contribution < 1.29 is 0 Å². The van der Waals surface area contributed by atoms with Gasteiger partial charge < -0.3 is 5.32 Å². The van der Waals surface area contributed by atoms with Crippen LogP contribution in [0.1, 0.15) is 63.6 Å². The maximum absolute atomic E-state index is 5.96. The summed E-state index contributed by atoms with van der Waals surface area (Å²) in [4.78, 5) is 4.53. The van der Waals surface area contributed by atoms with Gasteiger partial charge in [0.05, 0.1) is 16.8 Å². The number of hydrogen-bond donors (Lipinski definition) is 1. The van der Waals surface area contributed by atoms with Gasteiger partial charge in [0, 0.05) is 6.20 Å². The number of aromatic nitrogens is 1. The molecular weight excluding hydrogens is 268 g/mol. The summed E-state index contributed by atoms with van der Waals surface area (Å²) in [5.41, 5.74) is 2.60. The van der Waals surface area contributed by atoms with Crippen LogP contribution in [0.5, 0.6) is 0 Å². The number of allylic oxidation sites excluding steroid dienone is 1. The van der Waals surface area contributed by atoms with Crippen molar-refractivity contribution in [3.63, 3.8) is 0 Å². The second-order valence-corrected chi connectivity index (χ2v) is 5.96. The van der Waals surface area contributed by atoms with Crippen molar-refractivity contribution in [2.45, 2.75) is 57.9 Å². The lowest BCUT2D eigenvalue weighted by atomic mass is 9.93. The van der Waals surface area contributed by atoms with Gasteiger partial charge in [-0.15, -0.1) is 0 Å². The zero-order valence-electron chi connectivity index (χ0n) is 12.4. The molecule has 0 aliphatic heterocycles. The number of rotatable bonds is 5. The maximum atomic E-state index is 5.96. The Kier molecular flexibility index (Phi) is 6.55. The normalized spacial score (nSPS) is 20.6. The van der Waals surface area contributed by atoms with E-state index in [1.807, 2.05) is 6.07 Å². The Bertz CT molecular complexity index is 425. The first-order chi connectivity index (χ1) is 9.81. The minimum atomic E-state index is 0.255. The highest BCUT2D eigenvalue weighted by Crippen LogP contribution is 2.28. The van der Waals surface area contributed by atoms with E-state index in [2.05, 4.69) is 29.4 Å². The molecule has 0 saturated heterocycles. The molecule has 1 atom stereocenters. The summed E-state index contributed by atoms with van der Waals surface area (Å²) in [6.45, 7) is 3.22. The fourth-order valence-corrected chi connectivity index (χ4v) is 2.86. The highest BCUT2D eigenvalue weighted by atomic mass is 35.5. The monoisotopic (exact) mass is 292 g/mol. The van der Waals surface area contributed by atoms with E-state index < -0.39 is 0 Å². The summed E-state index contributed by atoms with van der Waals surface area (Å²) < 4.78 is 0. The second kappa shape index (κ2) is 8.43. The lowest BCUT2D eigenvalue weighted by Gasteiger charge is -2.23. The molecule has 1 heterocycles. The third-order valence-corrected chi connectivity index (χ3v) is 4.06. The van der Waals surface area contributed by atoms with E-state index >= 15 is 0 Å². The van der Waals surface area contributed by atoms with E-state index in [9.17, 15) is 0 Å². The summed E-state index contributed by atoms with van der Waals surface area (Å²) >= 11 is 5.96. The number of nitrogens with one attached hydrogen (secondary N) is 1. The van der Waals surface area contributed by atoms with E-state index in [1.165, 1.54) is 44.1 Å². The maximum Gasteiger partial charge on any atom is 0.0710 e. The largest absolute Gasteiger partial charge is 0.305 e. The highest BCUT2D eigenvalue weighted by molar-refractivity contribution is 6.30. The van der Waals surface area contributed by atoms with Crippen molar-refractivity contribution in [1.29, 1.82) is 0 Å². The van der Waals surface area contributed by atoms with Gasteiger partial charge >= 0.3 is 0 Å². The van der Waals surface area contributed by atoms with Crippen molar-refractivity contribution in [1.82, 2.24) is 10.3 Å². The molecule has 1 aliphatic carbocycles. The molecule has 1 aliphatic rings. The van der Waals surface area contributed by atoms with Gasteiger partial charge in [-0.2, -0.15) is 0 Å². The SMILES string of the molecule is CCCNC(/C1=C/CCCCCC1)c1ccc(Cl)cn1. The van der Waals surface area contributed by atoms with Gasteiger partial charge in [0.1, 0.15) is 0 Å². The Morgan fingerprint density at radius 3 is 2.85 bits per heavy atom. The van der Waals surface area contributed by atoms with Gasteiger partial charge in [-0.1, -0.05) is 43.0 Å². The molecule has 1 unspecified atom stereocenters. The minimum Gasteiger partial charge on any atom is -0.305 e. The molecule has 0 spiro atoms. The average molecular weight is 293 g/mol. The summed E-state index contributed by atoms with van der Waals surface area (Å²) in [7, 11) is 0. The second-order valence-electron chi connectivity index (χ2n) is 5.52. The fraction of sp³-hybridized carbons (Fsp3) is 0.588. The van der Waals surface area contributed by atoms with Gasteiger partial charge in [0.25, 0.3) is 0 Å². The van der Waals surface area contributed by atoms with E-state index in [0.717, 1.165) is 18.7 Å². The van der Waals surface area contributed by atoms with Crippen molar-refractivity contribution in [2.24, 2.45) is 0 Å². The Morgan fingerprint density at radius 2 is 2.10 bits per heavy atom. The van der Waals surface area contributed by atoms with Crippen LogP contribution in [0.25, 0.3) is 0 Å². The Hall–Kier alpha value is -0.860. The van der Waals surface area contributed by atoms with E-state index in [4.69, 9.17) is 11.6 Å². The molecule has 2 rings (SSSR count). The van der Waals surface area contributed by atoms with Crippen molar-refractivity contribution in [3.8, 4) is 0 Å². The van der Waals surface area contributed by atoms with Crippen LogP contribution in [0.4, 0.5) is 0 Å². The molecule has 20 heavy (non-hydrogen) atoms. The topological polar surface area (TPSA) is 24.9 Å². The molecule has 0 aromatic carbocycles. The molecule has 1 aromatic rings. The van der Waals surface area contributed by atoms with E-state index in [1.54, 1.807) is 6.20 Å². The smallest absolute Gasteiger partial charge is 0.0710 e. The van der Waals surface area contributed by atoms with Crippen LogP contribution in [0.2, 0.25) is 5.02 Å². The fourth-order valence-electron chi connectivity index (χ4n) is 2.75. The molecule has 2 nitrogen and oxygen atoms in total. The summed E-state index contributed by atoms with van der Waals surface area (Å²) in [5.74, 6) is 0. The van der Waals surface area contributed by atoms with Crippen molar-refractivity contribution in [2.75, 3.05) is 6.54 Å². The third-order valence-electron chi connectivity index (χ3n) is 3.84. The third kappa shape index (κ3) is 4.60. The lowest BCUT2D eigenvalue weighted by Crippen LogP contribution is -2.25. The molecule has 110 valence electrons. The summed E-state index contributed by atoms with van der Waals surface area (Å²) in [6.07, 6.45) is 13.0. The van der Waals surface area contributed by atoms with Crippen molar-refractivity contribution in [3.05, 3.63) is 40.7 Å². The van der Waals surface area contributed by atoms with Gasteiger partial charge in [0.2, 0.25) is 0 Å². The molecule has 0 fully saturated rings. The van der Waals surface area contributed by atoms with Crippen LogP contribution in [0, 0.1) is 0 Å². The average Bonchev–Trinajstić information content (AvgIpc) is 2.42.